The summed E-state index contributed by atoms with van der Waals surface area (Å²) in [6, 6.07) is 17.8. The van der Waals surface area contributed by atoms with E-state index in [4.69, 9.17) is 15.3 Å². The molecular formula is C22H26N4O2. The zero-order valence-electron chi connectivity index (χ0n) is 16.6. The number of rotatable bonds is 8. The SMILES string of the molecule is Cc1cc(C)n(Cc2cccc(/C(N)=N/OCCOc3ccccc3C)c2)n1. The Morgan fingerprint density at radius 1 is 1.04 bits per heavy atom. The highest BCUT2D eigenvalue weighted by Gasteiger charge is 2.05. The zero-order valence-corrected chi connectivity index (χ0v) is 16.6. The number of hydrogen-bond acceptors (Lipinski definition) is 4. The van der Waals surface area contributed by atoms with Gasteiger partial charge in [-0.25, -0.2) is 0 Å². The van der Waals surface area contributed by atoms with Crippen LogP contribution >= 0.6 is 0 Å². The van der Waals surface area contributed by atoms with E-state index in [-0.39, 0.29) is 0 Å². The third kappa shape index (κ3) is 5.13. The first-order chi connectivity index (χ1) is 13.5. The van der Waals surface area contributed by atoms with E-state index in [1.807, 2.05) is 74.0 Å². The highest BCUT2D eigenvalue weighted by molar-refractivity contribution is 5.97. The van der Waals surface area contributed by atoms with Gasteiger partial charge in [0.05, 0.1) is 12.2 Å². The van der Waals surface area contributed by atoms with Crippen molar-refractivity contribution in [3.8, 4) is 5.75 Å². The van der Waals surface area contributed by atoms with E-state index in [1.165, 1.54) is 0 Å². The largest absolute Gasteiger partial charge is 0.490 e. The van der Waals surface area contributed by atoms with Gasteiger partial charge in [0.25, 0.3) is 0 Å². The molecule has 0 radical (unpaired) electrons. The smallest absolute Gasteiger partial charge is 0.170 e. The Balaban J connectivity index is 1.54. The Bertz CT molecular complexity index is 963. The Morgan fingerprint density at radius 2 is 1.86 bits per heavy atom. The summed E-state index contributed by atoms with van der Waals surface area (Å²) >= 11 is 0. The maximum atomic E-state index is 6.07. The van der Waals surface area contributed by atoms with E-state index < -0.39 is 0 Å². The summed E-state index contributed by atoms with van der Waals surface area (Å²) in [7, 11) is 0. The molecule has 2 aromatic carbocycles. The van der Waals surface area contributed by atoms with Gasteiger partial charge in [-0.2, -0.15) is 5.10 Å². The molecule has 1 aromatic heterocycles. The normalized spacial score (nSPS) is 11.5. The zero-order chi connectivity index (χ0) is 19.9. The topological polar surface area (TPSA) is 74.7 Å². The predicted octanol–water partition coefficient (Wildman–Crippen LogP) is 3.57. The van der Waals surface area contributed by atoms with Crippen LogP contribution in [0.15, 0.2) is 59.8 Å². The van der Waals surface area contributed by atoms with Crippen LogP contribution in [0.25, 0.3) is 0 Å². The number of aryl methyl sites for hydroxylation is 3. The molecule has 146 valence electrons. The lowest BCUT2D eigenvalue weighted by molar-refractivity contribution is 0.107. The van der Waals surface area contributed by atoms with Crippen molar-refractivity contribution in [3.05, 3.63) is 82.7 Å². The average Bonchev–Trinajstić information content (AvgIpc) is 2.99. The maximum Gasteiger partial charge on any atom is 0.170 e. The third-order valence-electron chi connectivity index (χ3n) is 4.35. The maximum absolute atomic E-state index is 6.07. The number of nitrogens with two attached hydrogens (primary N) is 1. The predicted molar refractivity (Wildman–Crippen MR) is 111 cm³/mol. The van der Waals surface area contributed by atoms with E-state index >= 15 is 0 Å². The molecule has 3 aromatic rings. The first-order valence-electron chi connectivity index (χ1n) is 9.27. The Labute approximate surface area is 165 Å². The lowest BCUT2D eigenvalue weighted by atomic mass is 10.1. The summed E-state index contributed by atoms with van der Waals surface area (Å²) in [5.74, 6) is 1.19. The summed E-state index contributed by atoms with van der Waals surface area (Å²) in [5, 5.41) is 8.51. The molecule has 0 bridgehead atoms. The lowest BCUT2D eigenvalue weighted by Gasteiger charge is -2.09. The van der Waals surface area contributed by atoms with Crippen molar-refractivity contribution < 1.29 is 9.57 Å². The summed E-state index contributed by atoms with van der Waals surface area (Å²) in [5.41, 5.74) is 11.2. The minimum absolute atomic E-state index is 0.320. The summed E-state index contributed by atoms with van der Waals surface area (Å²) in [4.78, 5) is 5.31. The molecule has 0 atom stereocenters. The van der Waals surface area contributed by atoms with E-state index in [2.05, 4.69) is 16.3 Å². The van der Waals surface area contributed by atoms with Gasteiger partial charge < -0.3 is 15.3 Å². The molecular weight excluding hydrogens is 352 g/mol. The van der Waals surface area contributed by atoms with Gasteiger partial charge in [-0.3, -0.25) is 4.68 Å². The molecule has 6 heteroatoms. The first-order valence-corrected chi connectivity index (χ1v) is 9.27. The highest BCUT2D eigenvalue weighted by atomic mass is 16.6. The number of amidine groups is 1. The quantitative estimate of drug-likeness (QED) is 0.281. The minimum Gasteiger partial charge on any atom is -0.490 e. The van der Waals surface area contributed by atoms with Crippen LogP contribution in [0.4, 0.5) is 0 Å². The first kappa shape index (κ1) is 19.5. The standard InChI is InChI=1S/C22H26N4O2/c1-16-7-4-5-10-21(16)27-11-12-28-25-22(23)20-9-6-8-19(14-20)15-26-18(3)13-17(2)24-26/h4-10,13-14H,11-12,15H2,1-3H3,(H2,23,25). The number of nitrogens with zero attached hydrogens (tertiary/aromatic N) is 3. The van der Waals surface area contributed by atoms with Crippen LogP contribution in [0.3, 0.4) is 0 Å². The van der Waals surface area contributed by atoms with Gasteiger partial charge in [-0.15, -0.1) is 0 Å². The molecule has 0 amide bonds. The van der Waals surface area contributed by atoms with Gasteiger partial charge in [0.1, 0.15) is 12.4 Å². The van der Waals surface area contributed by atoms with E-state index in [0.29, 0.717) is 25.6 Å². The molecule has 0 saturated heterocycles. The third-order valence-corrected chi connectivity index (χ3v) is 4.35. The molecule has 3 rings (SSSR count). The number of benzene rings is 2. The van der Waals surface area contributed by atoms with Crippen LogP contribution in [0, 0.1) is 20.8 Å². The van der Waals surface area contributed by atoms with Crippen LogP contribution in [0.5, 0.6) is 5.75 Å². The van der Waals surface area contributed by atoms with Gasteiger partial charge >= 0.3 is 0 Å². The number of para-hydroxylation sites is 1. The molecule has 28 heavy (non-hydrogen) atoms. The van der Waals surface area contributed by atoms with Gasteiger partial charge in [-0.05, 0) is 50.1 Å². The van der Waals surface area contributed by atoms with Crippen molar-refractivity contribution in [2.75, 3.05) is 13.2 Å². The molecule has 0 aliphatic rings. The van der Waals surface area contributed by atoms with Gasteiger partial charge in [0, 0.05) is 11.3 Å². The monoisotopic (exact) mass is 378 g/mol. The number of ether oxygens (including phenoxy) is 1. The fraction of sp³-hybridized carbons (Fsp3) is 0.273. The van der Waals surface area contributed by atoms with Crippen LogP contribution in [-0.2, 0) is 11.4 Å². The lowest BCUT2D eigenvalue weighted by Crippen LogP contribution is -2.15. The average molecular weight is 378 g/mol. The van der Waals surface area contributed by atoms with E-state index in [0.717, 1.165) is 33.8 Å². The number of aromatic nitrogens is 2. The van der Waals surface area contributed by atoms with Crippen LogP contribution in [0.2, 0.25) is 0 Å². The second-order valence-corrected chi connectivity index (χ2v) is 6.71. The summed E-state index contributed by atoms with van der Waals surface area (Å²) in [6.45, 7) is 7.45. The van der Waals surface area contributed by atoms with Crippen LogP contribution in [0.1, 0.15) is 28.1 Å². The molecule has 6 nitrogen and oxygen atoms in total. The molecule has 0 aliphatic carbocycles. The van der Waals surface area contributed by atoms with Crippen molar-refractivity contribution in [3.63, 3.8) is 0 Å². The molecule has 2 N–H and O–H groups in total. The van der Waals surface area contributed by atoms with Crippen molar-refractivity contribution in [1.82, 2.24) is 9.78 Å². The van der Waals surface area contributed by atoms with Crippen LogP contribution in [-0.4, -0.2) is 28.8 Å². The molecule has 0 saturated carbocycles. The second kappa shape index (κ2) is 9.08. The van der Waals surface area contributed by atoms with Crippen molar-refractivity contribution in [2.24, 2.45) is 10.9 Å². The highest BCUT2D eigenvalue weighted by Crippen LogP contribution is 2.15. The van der Waals surface area contributed by atoms with Crippen molar-refractivity contribution in [1.29, 1.82) is 0 Å². The fourth-order valence-electron chi connectivity index (χ4n) is 2.91. The van der Waals surface area contributed by atoms with Crippen molar-refractivity contribution >= 4 is 5.84 Å². The van der Waals surface area contributed by atoms with Crippen LogP contribution < -0.4 is 10.5 Å². The van der Waals surface area contributed by atoms with Gasteiger partial charge in [0.15, 0.2) is 12.4 Å². The van der Waals surface area contributed by atoms with Crippen molar-refractivity contribution in [2.45, 2.75) is 27.3 Å². The Morgan fingerprint density at radius 3 is 2.61 bits per heavy atom. The molecule has 0 fully saturated rings. The molecule has 0 aliphatic heterocycles. The number of hydrogen-bond donors (Lipinski definition) is 1. The van der Waals surface area contributed by atoms with Gasteiger partial charge in [0.2, 0.25) is 0 Å². The minimum atomic E-state index is 0.320. The fourth-order valence-corrected chi connectivity index (χ4v) is 2.91. The summed E-state index contributed by atoms with van der Waals surface area (Å²) < 4.78 is 7.65. The Kier molecular flexibility index (Phi) is 6.32. The molecule has 0 spiro atoms. The Hall–Kier alpha value is -3.28. The summed E-state index contributed by atoms with van der Waals surface area (Å²) in [6.07, 6.45) is 0. The second-order valence-electron chi connectivity index (χ2n) is 6.71. The number of oxime groups is 1. The van der Waals surface area contributed by atoms with E-state index in [1.54, 1.807) is 0 Å². The van der Waals surface area contributed by atoms with Gasteiger partial charge in [-0.1, -0.05) is 41.6 Å². The molecule has 0 unspecified atom stereocenters. The van der Waals surface area contributed by atoms with E-state index in [9.17, 15) is 0 Å². The molecule has 1 heterocycles.